The van der Waals surface area contributed by atoms with Crippen LogP contribution in [0, 0.1) is 11.6 Å². The van der Waals surface area contributed by atoms with E-state index in [1.165, 1.54) is 0 Å². The van der Waals surface area contributed by atoms with Gasteiger partial charge in [0, 0.05) is 18.7 Å². The van der Waals surface area contributed by atoms with E-state index in [0.29, 0.717) is 18.8 Å². The molecule has 2 aromatic carbocycles. The van der Waals surface area contributed by atoms with Crippen LogP contribution in [0.4, 0.5) is 13.6 Å². The summed E-state index contributed by atoms with van der Waals surface area (Å²) in [7, 11) is 1.58. The number of amides is 1. The number of carbonyl (C=O) groups is 1. The van der Waals surface area contributed by atoms with Gasteiger partial charge in [-0.15, -0.1) is 6.58 Å². The SMILES string of the molecule is C=CCO[C@@H]1C[C@H](NC[C@@H](O)[C@H](Cc2cc(F)cc(F)c2)NC(=O)O)c2cc(OC)ccc21. The van der Waals surface area contributed by atoms with Crippen molar-refractivity contribution in [3.05, 3.63) is 77.4 Å². The molecule has 0 unspecified atom stereocenters. The van der Waals surface area contributed by atoms with E-state index in [1.807, 2.05) is 18.2 Å². The summed E-state index contributed by atoms with van der Waals surface area (Å²) in [6, 6.07) is 7.50. The van der Waals surface area contributed by atoms with Crippen LogP contribution in [0.3, 0.4) is 0 Å². The summed E-state index contributed by atoms with van der Waals surface area (Å²) in [6.07, 6.45) is -0.467. The van der Waals surface area contributed by atoms with Gasteiger partial charge in [0.1, 0.15) is 17.4 Å². The van der Waals surface area contributed by atoms with Crippen LogP contribution in [0.5, 0.6) is 5.75 Å². The predicted octanol–water partition coefficient (Wildman–Crippen LogP) is 3.49. The fourth-order valence-corrected chi connectivity index (χ4v) is 4.11. The van der Waals surface area contributed by atoms with Crippen molar-refractivity contribution in [2.75, 3.05) is 20.3 Å². The van der Waals surface area contributed by atoms with Crippen molar-refractivity contribution in [2.45, 2.75) is 37.1 Å². The number of hydrogen-bond donors (Lipinski definition) is 4. The molecule has 1 aliphatic carbocycles. The monoisotopic (exact) mass is 462 g/mol. The van der Waals surface area contributed by atoms with Crippen LogP contribution in [0.15, 0.2) is 49.1 Å². The second-order valence-corrected chi connectivity index (χ2v) is 7.91. The fraction of sp³-hybridized carbons (Fsp3) is 0.375. The number of nitrogens with one attached hydrogen (secondary N) is 2. The lowest BCUT2D eigenvalue weighted by molar-refractivity contribution is 0.0672. The van der Waals surface area contributed by atoms with Crippen LogP contribution in [-0.4, -0.2) is 48.7 Å². The minimum atomic E-state index is -1.34. The first kappa shape index (κ1) is 24.6. The van der Waals surface area contributed by atoms with Crippen LogP contribution < -0.4 is 15.4 Å². The largest absolute Gasteiger partial charge is 0.497 e. The van der Waals surface area contributed by atoms with E-state index in [0.717, 1.165) is 29.3 Å². The molecule has 0 aromatic heterocycles. The van der Waals surface area contributed by atoms with Crippen LogP contribution in [-0.2, 0) is 11.2 Å². The Bertz CT molecular complexity index is 967. The average molecular weight is 462 g/mol. The van der Waals surface area contributed by atoms with E-state index in [-0.39, 0.29) is 30.7 Å². The number of methoxy groups -OCH3 is 1. The smallest absolute Gasteiger partial charge is 0.404 e. The number of ether oxygens (including phenoxy) is 2. The summed E-state index contributed by atoms with van der Waals surface area (Å²) in [5.41, 5.74) is 2.20. The minimum absolute atomic E-state index is 0.0399. The zero-order valence-electron chi connectivity index (χ0n) is 18.3. The quantitative estimate of drug-likeness (QED) is 0.382. The molecule has 0 saturated heterocycles. The molecular formula is C24H28F2N2O5. The lowest BCUT2D eigenvalue weighted by Gasteiger charge is -2.25. The second kappa shape index (κ2) is 11.2. The maximum Gasteiger partial charge on any atom is 0.404 e. The number of benzene rings is 2. The van der Waals surface area contributed by atoms with Gasteiger partial charge in [-0.25, -0.2) is 13.6 Å². The van der Waals surface area contributed by atoms with Crippen molar-refractivity contribution in [3.63, 3.8) is 0 Å². The molecule has 4 N–H and O–H groups in total. The topological polar surface area (TPSA) is 100 Å². The molecule has 0 radical (unpaired) electrons. The van der Waals surface area contributed by atoms with E-state index in [1.54, 1.807) is 13.2 Å². The molecule has 178 valence electrons. The van der Waals surface area contributed by atoms with E-state index >= 15 is 0 Å². The first-order valence-electron chi connectivity index (χ1n) is 10.6. The molecule has 0 spiro atoms. The molecule has 0 fully saturated rings. The molecule has 3 rings (SSSR count). The standard InChI is InChI=1S/C24H28F2N2O5/c1-3-6-33-23-12-20(19-11-17(32-2)4-5-18(19)23)27-13-22(29)21(28-24(30)31)9-14-7-15(25)10-16(26)8-14/h3-5,7-8,10-11,20-23,27-29H,1,6,9,12-13H2,2H3,(H,30,31)/t20-,21-,22+,23+/m0/s1. The zero-order chi connectivity index (χ0) is 24.0. The van der Waals surface area contributed by atoms with Gasteiger partial charge in [0.05, 0.1) is 32.0 Å². The molecule has 4 atom stereocenters. The molecule has 1 amide bonds. The van der Waals surface area contributed by atoms with Gasteiger partial charge in [0.2, 0.25) is 0 Å². The van der Waals surface area contributed by atoms with E-state index in [2.05, 4.69) is 17.2 Å². The molecule has 2 aromatic rings. The Balaban J connectivity index is 1.72. The van der Waals surface area contributed by atoms with Crippen molar-refractivity contribution in [1.82, 2.24) is 10.6 Å². The minimum Gasteiger partial charge on any atom is -0.497 e. The van der Waals surface area contributed by atoms with Gasteiger partial charge in [0.25, 0.3) is 0 Å². The predicted molar refractivity (Wildman–Crippen MR) is 118 cm³/mol. The van der Waals surface area contributed by atoms with Gasteiger partial charge in [-0.2, -0.15) is 0 Å². The van der Waals surface area contributed by atoms with Gasteiger partial charge < -0.3 is 30.3 Å². The van der Waals surface area contributed by atoms with Crippen LogP contribution in [0.25, 0.3) is 0 Å². The van der Waals surface area contributed by atoms with Gasteiger partial charge >= 0.3 is 6.09 Å². The van der Waals surface area contributed by atoms with Crippen molar-refractivity contribution in [3.8, 4) is 5.75 Å². The first-order valence-corrected chi connectivity index (χ1v) is 10.6. The summed E-state index contributed by atoms with van der Waals surface area (Å²) in [4.78, 5) is 11.2. The molecule has 1 aliphatic rings. The normalized spacial score (nSPS) is 18.9. The van der Waals surface area contributed by atoms with Gasteiger partial charge in [0.15, 0.2) is 0 Å². The Morgan fingerprint density at radius 1 is 1.24 bits per heavy atom. The highest BCUT2D eigenvalue weighted by Crippen LogP contribution is 2.42. The van der Waals surface area contributed by atoms with Gasteiger partial charge in [-0.05, 0) is 53.8 Å². The summed E-state index contributed by atoms with van der Waals surface area (Å²) in [5, 5.41) is 25.4. The Morgan fingerprint density at radius 2 is 1.97 bits per heavy atom. The van der Waals surface area contributed by atoms with Crippen LogP contribution in [0.2, 0.25) is 0 Å². The highest BCUT2D eigenvalue weighted by atomic mass is 19.1. The Labute approximate surface area is 191 Å². The molecule has 33 heavy (non-hydrogen) atoms. The number of halogens is 2. The molecule has 0 heterocycles. The molecule has 0 saturated carbocycles. The van der Waals surface area contributed by atoms with E-state index < -0.39 is 29.9 Å². The third-order valence-electron chi connectivity index (χ3n) is 5.61. The number of carboxylic acid groups (broad SMARTS) is 1. The van der Waals surface area contributed by atoms with Crippen molar-refractivity contribution < 1.29 is 33.3 Å². The molecule has 0 aliphatic heterocycles. The first-order chi connectivity index (χ1) is 15.8. The number of hydrogen-bond acceptors (Lipinski definition) is 5. The van der Waals surface area contributed by atoms with Gasteiger partial charge in [-0.3, -0.25) is 0 Å². The number of aliphatic hydroxyl groups excluding tert-OH is 1. The summed E-state index contributed by atoms with van der Waals surface area (Å²) >= 11 is 0. The Morgan fingerprint density at radius 3 is 2.61 bits per heavy atom. The van der Waals surface area contributed by atoms with Gasteiger partial charge in [-0.1, -0.05) is 12.1 Å². The maximum absolute atomic E-state index is 13.5. The molecule has 0 bridgehead atoms. The lowest BCUT2D eigenvalue weighted by Crippen LogP contribution is -2.48. The molecule has 7 nitrogen and oxygen atoms in total. The molecule has 9 heteroatoms. The number of rotatable bonds is 11. The summed E-state index contributed by atoms with van der Waals surface area (Å²) in [5.74, 6) is -0.855. The zero-order valence-corrected chi connectivity index (χ0v) is 18.3. The average Bonchev–Trinajstić information content (AvgIpc) is 3.11. The molecular weight excluding hydrogens is 434 g/mol. The number of aliphatic hydroxyl groups is 1. The van der Waals surface area contributed by atoms with Crippen molar-refractivity contribution in [2.24, 2.45) is 0 Å². The van der Waals surface area contributed by atoms with Crippen LogP contribution in [0.1, 0.15) is 35.3 Å². The third-order valence-corrected chi connectivity index (χ3v) is 5.61. The highest BCUT2D eigenvalue weighted by Gasteiger charge is 2.33. The summed E-state index contributed by atoms with van der Waals surface area (Å²) < 4.78 is 38.3. The Hall–Kier alpha value is -3.01. The third kappa shape index (κ3) is 6.50. The lowest BCUT2D eigenvalue weighted by atomic mass is 10.00. The van der Waals surface area contributed by atoms with E-state index in [4.69, 9.17) is 9.47 Å². The second-order valence-electron chi connectivity index (χ2n) is 7.91. The number of fused-ring (bicyclic) bond motifs is 1. The van der Waals surface area contributed by atoms with Crippen LogP contribution >= 0.6 is 0 Å². The fourth-order valence-electron chi connectivity index (χ4n) is 4.11. The van der Waals surface area contributed by atoms with Crippen molar-refractivity contribution >= 4 is 6.09 Å². The summed E-state index contributed by atoms with van der Waals surface area (Å²) in [6.45, 7) is 4.11. The highest BCUT2D eigenvalue weighted by molar-refractivity contribution is 5.65. The maximum atomic E-state index is 13.5. The Kier molecular flexibility index (Phi) is 8.37. The van der Waals surface area contributed by atoms with Crippen molar-refractivity contribution in [1.29, 1.82) is 0 Å². The van der Waals surface area contributed by atoms with E-state index in [9.17, 15) is 23.8 Å².